The van der Waals surface area contributed by atoms with Crippen LogP contribution < -0.4 is 10.2 Å². The zero-order chi connectivity index (χ0) is 19.8. The van der Waals surface area contributed by atoms with Gasteiger partial charge in [0.15, 0.2) is 5.69 Å². The maximum Gasteiger partial charge on any atom is 0.294 e. The van der Waals surface area contributed by atoms with E-state index < -0.39 is 0 Å². The summed E-state index contributed by atoms with van der Waals surface area (Å²) in [5.74, 6) is -0.0779. The summed E-state index contributed by atoms with van der Waals surface area (Å²) >= 11 is 0. The summed E-state index contributed by atoms with van der Waals surface area (Å²) in [6, 6.07) is 13.8. The van der Waals surface area contributed by atoms with Crippen molar-refractivity contribution in [3.63, 3.8) is 0 Å². The van der Waals surface area contributed by atoms with E-state index in [2.05, 4.69) is 16.4 Å². The van der Waals surface area contributed by atoms with E-state index in [1.165, 1.54) is 5.56 Å². The molecular weight excluding hydrogens is 364 g/mol. The van der Waals surface area contributed by atoms with Gasteiger partial charge in [-0.15, -0.1) is 0 Å². The van der Waals surface area contributed by atoms with E-state index in [9.17, 15) is 9.59 Å². The van der Waals surface area contributed by atoms with Gasteiger partial charge in [0.25, 0.3) is 11.8 Å². The number of hydrogen-bond donors (Lipinski definition) is 1. The van der Waals surface area contributed by atoms with Crippen molar-refractivity contribution in [1.82, 2.24) is 14.7 Å². The van der Waals surface area contributed by atoms with Crippen LogP contribution in [-0.4, -0.2) is 33.8 Å². The van der Waals surface area contributed by atoms with Crippen molar-refractivity contribution in [2.45, 2.75) is 44.6 Å². The van der Waals surface area contributed by atoms with E-state index in [-0.39, 0.29) is 23.7 Å². The molecule has 1 aliphatic heterocycles. The third-order valence-electron chi connectivity index (χ3n) is 6.00. The van der Waals surface area contributed by atoms with Gasteiger partial charge >= 0.3 is 0 Å². The number of benzene rings is 1. The van der Waals surface area contributed by atoms with Gasteiger partial charge in [-0.05, 0) is 49.4 Å². The minimum atomic E-state index is -0.196. The number of carbonyl (C=O) groups excluding carboxylic acids is 2. The van der Waals surface area contributed by atoms with Crippen molar-refractivity contribution in [3.8, 4) is 0 Å². The summed E-state index contributed by atoms with van der Waals surface area (Å²) in [4.78, 5) is 32.7. The van der Waals surface area contributed by atoms with Crippen molar-refractivity contribution >= 4 is 23.0 Å². The number of nitrogens with one attached hydrogen (secondary N) is 1. The van der Waals surface area contributed by atoms with Gasteiger partial charge in [0.1, 0.15) is 0 Å². The Bertz CT molecular complexity index is 1080. The van der Waals surface area contributed by atoms with Crippen LogP contribution in [0.1, 0.15) is 58.8 Å². The normalized spacial score (nSPS) is 16.8. The molecule has 1 N–H and O–H groups in total. The first-order valence-electron chi connectivity index (χ1n) is 10.4. The number of nitrogens with zero attached hydrogens (tertiary/aromatic N) is 3. The van der Waals surface area contributed by atoms with Crippen LogP contribution in [0.5, 0.6) is 0 Å². The van der Waals surface area contributed by atoms with Gasteiger partial charge in [-0.25, -0.2) is 4.98 Å². The van der Waals surface area contributed by atoms with Crippen molar-refractivity contribution in [2.24, 2.45) is 0 Å². The third-order valence-corrected chi connectivity index (χ3v) is 6.00. The lowest BCUT2D eigenvalue weighted by Gasteiger charge is -2.28. The number of rotatable bonds is 3. The molecule has 0 radical (unpaired) electrons. The molecule has 3 aromatic rings. The molecule has 2 aromatic heterocycles. The third kappa shape index (κ3) is 3.18. The molecule has 6 nitrogen and oxygen atoms in total. The largest absolute Gasteiger partial charge is 0.348 e. The average Bonchev–Trinajstić information content (AvgIpc) is 3.40. The van der Waals surface area contributed by atoms with Crippen LogP contribution in [0.4, 0.5) is 5.69 Å². The molecule has 0 atom stereocenters. The molecule has 2 amide bonds. The fourth-order valence-electron chi connectivity index (χ4n) is 4.54. The van der Waals surface area contributed by atoms with E-state index in [0.717, 1.165) is 44.2 Å². The topological polar surface area (TPSA) is 66.7 Å². The lowest BCUT2D eigenvalue weighted by atomic mass is 10.0. The monoisotopic (exact) mass is 388 g/mol. The highest BCUT2D eigenvalue weighted by Gasteiger charge is 2.29. The Labute approximate surface area is 169 Å². The van der Waals surface area contributed by atoms with Crippen LogP contribution in [0.3, 0.4) is 0 Å². The van der Waals surface area contributed by atoms with Crippen LogP contribution in [-0.2, 0) is 6.42 Å². The molecule has 0 spiro atoms. The van der Waals surface area contributed by atoms with Crippen LogP contribution >= 0.6 is 0 Å². The summed E-state index contributed by atoms with van der Waals surface area (Å²) < 4.78 is 1.74. The molecule has 1 fully saturated rings. The molecule has 6 heteroatoms. The zero-order valence-electron chi connectivity index (χ0n) is 16.3. The first-order valence-corrected chi connectivity index (χ1v) is 10.4. The van der Waals surface area contributed by atoms with E-state index in [1.807, 2.05) is 36.4 Å². The Morgan fingerprint density at radius 1 is 1.00 bits per heavy atom. The van der Waals surface area contributed by atoms with E-state index in [4.69, 9.17) is 0 Å². The Balaban J connectivity index is 1.52. The molecule has 1 saturated carbocycles. The summed E-state index contributed by atoms with van der Waals surface area (Å²) in [5, 5.41) is 3.10. The van der Waals surface area contributed by atoms with Crippen LogP contribution in [0.2, 0.25) is 0 Å². The van der Waals surface area contributed by atoms with Gasteiger partial charge in [-0.2, -0.15) is 0 Å². The average molecular weight is 388 g/mol. The van der Waals surface area contributed by atoms with Crippen molar-refractivity contribution < 1.29 is 9.59 Å². The second-order valence-electron chi connectivity index (χ2n) is 7.88. The van der Waals surface area contributed by atoms with E-state index in [1.54, 1.807) is 15.5 Å². The Kier molecular flexibility index (Phi) is 4.54. The molecule has 29 heavy (non-hydrogen) atoms. The second kappa shape index (κ2) is 7.35. The molecule has 2 aliphatic rings. The number of imidazole rings is 1. The Morgan fingerprint density at radius 2 is 1.79 bits per heavy atom. The number of aryl methyl sites for hydroxylation is 1. The molecule has 1 aromatic carbocycles. The minimum absolute atomic E-state index is 0.168. The van der Waals surface area contributed by atoms with Gasteiger partial charge in [0, 0.05) is 24.5 Å². The zero-order valence-corrected chi connectivity index (χ0v) is 16.3. The van der Waals surface area contributed by atoms with Crippen LogP contribution in [0.25, 0.3) is 5.52 Å². The predicted octanol–water partition coefficient (Wildman–Crippen LogP) is 3.60. The van der Waals surface area contributed by atoms with E-state index >= 15 is 0 Å². The maximum absolute atomic E-state index is 13.5. The molecule has 0 unspecified atom stereocenters. The van der Waals surface area contributed by atoms with Gasteiger partial charge in [-0.1, -0.05) is 37.1 Å². The van der Waals surface area contributed by atoms with Crippen molar-refractivity contribution in [1.29, 1.82) is 0 Å². The molecular formula is C23H24N4O2. The predicted molar refractivity (Wildman–Crippen MR) is 111 cm³/mol. The lowest BCUT2D eigenvalue weighted by Crippen LogP contribution is -2.36. The van der Waals surface area contributed by atoms with Crippen LogP contribution in [0, 0.1) is 0 Å². The van der Waals surface area contributed by atoms with Gasteiger partial charge in [0.2, 0.25) is 5.82 Å². The number of amides is 2. The molecule has 0 bridgehead atoms. The number of hydrogen-bond acceptors (Lipinski definition) is 3. The number of anilines is 1. The summed E-state index contributed by atoms with van der Waals surface area (Å²) in [7, 11) is 0. The number of carbonyl (C=O) groups is 2. The van der Waals surface area contributed by atoms with Gasteiger partial charge in [0.05, 0.1) is 5.52 Å². The molecule has 5 rings (SSSR count). The SMILES string of the molecule is O=C(NC1CCCC1)c1nc(C(=O)N2CCCc3ccccc32)n2ccccc12. The number of fused-ring (bicyclic) bond motifs is 2. The first-order chi connectivity index (χ1) is 14.2. The fourth-order valence-corrected chi connectivity index (χ4v) is 4.54. The summed E-state index contributed by atoms with van der Waals surface area (Å²) in [6.45, 7) is 0.654. The lowest BCUT2D eigenvalue weighted by molar-refractivity contribution is 0.0935. The molecule has 3 heterocycles. The molecule has 0 saturated heterocycles. The minimum Gasteiger partial charge on any atom is -0.348 e. The second-order valence-corrected chi connectivity index (χ2v) is 7.88. The molecule has 1 aliphatic carbocycles. The highest BCUT2D eigenvalue weighted by atomic mass is 16.2. The van der Waals surface area contributed by atoms with Gasteiger partial charge in [-0.3, -0.25) is 14.0 Å². The summed E-state index contributed by atoms with van der Waals surface area (Å²) in [6.07, 6.45) is 8.00. The highest BCUT2D eigenvalue weighted by Crippen LogP contribution is 2.28. The smallest absolute Gasteiger partial charge is 0.294 e. The highest BCUT2D eigenvalue weighted by molar-refractivity contribution is 6.07. The Morgan fingerprint density at radius 3 is 2.66 bits per heavy atom. The standard InChI is InChI=1S/C23H24N4O2/c28-22(24-17-10-2-3-11-17)20-19-13-5-6-14-26(19)21(25-20)23(29)27-15-7-9-16-8-1-4-12-18(16)27/h1,4-6,8,12-14,17H,2-3,7,9-11,15H2,(H,24,28). The Hall–Kier alpha value is -3.15. The van der Waals surface area contributed by atoms with Crippen LogP contribution in [0.15, 0.2) is 48.7 Å². The quantitative estimate of drug-likeness (QED) is 0.745. The van der Waals surface area contributed by atoms with E-state index in [0.29, 0.717) is 17.8 Å². The van der Waals surface area contributed by atoms with Crippen molar-refractivity contribution in [3.05, 3.63) is 65.7 Å². The number of pyridine rings is 1. The first kappa shape index (κ1) is 17.9. The maximum atomic E-state index is 13.5. The summed E-state index contributed by atoms with van der Waals surface area (Å²) in [5.41, 5.74) is 3.10. The fraction of sp³-hybridized carbons (Fsp3) is 0.348. The number of para-hydroxylation sites is 1. The van der Waals surface area contributed by atoms with Crippen molar-refractivity contribution in [2.75, 3.05) is 11.4 Å². The molecule has 148 valence electrons. The number of aromatic nitrogens is 2. The van der Waals surface area contributed by atoms with Gasteiger partial charge < -0.3 is 10.2 Å².